The fourth-order valence-corrected chi connectivity index (χ4v) is 2.92. The van der Waals surface area contributed by atoms with Crippen molar-refractivity contribution in [2.45, 2.75) is 44.7 Å². The Hall–Kier alpha value is -1.34. The number of nitrogens with one attached hydrogen (secondary N) is 1. The number of nitrogens with zero attached hydrogens (tertiary/aromatic N) is 3. The molecular weight excluding hydrogens is 212 g/mol. The molecule has 1 aliphatic carbocycles. The maximum atomic E-state index is 9.44. The molecule has 0 saturated heterocycles. The third kappa shape index (κ3) is 2.50. The van der Waals surface area contributed by atoms with Crippen LogP contribution in [0.1, 0.15) is 32.6 Å². The molecule has 0 spiro atoms. The third-order valence-corrected chi connectivity index (χ3v) is 3.78. The highest BCUT2D eigenvalue weighted by molar-refractivity contribution is 5.13. The predicted molar refractivity (Wildman–Crippen MR) is 66.2 cm³/mol. The van der Waals surface area contributed by atoms with Gasteiger partial charge in [0.25, 0.3) is 0 Å². The van der Waals surface area contributed by atoms with Crippen molar-refractivity contribution in [3.8, 4) is 6.07 Å². The van der Waals surface area contributed by atoms with Crippen LogP contribution in [0.4, 0.5) is 0 Å². The van der Waals surface area contributed by atoms with Crippen LogP contribution in [-0.2, 0) is 6.54 Å². The molecule has 0 aromatic carbocycles. The molecule has 1 heterocycles. The Balaban J connectivity index is 1.97. The molecule has 0 aliphatic heterocycles. The summed E-state index contributed by atoms with van der Waals surface area (Å²) in [6.45, 7) is 3.85. The average Bonchev–Trinajstić information content (AvgIpc) is 2.96. The van der Waals surface area contributed by atoms with Crippen LogP contribution in [0.5, 0.6) is 0 Å². The second kappa shape index (κ2) is 5.33. The van der Waals surface area contributed by atoms with E-state index in [0.29, 0.717) is 5.92 Å². The van der Waals surface area contributed by atoms with Gasteiger partial charge in [-0.15, -0.1) is 0 Å². The highest BCUT2D eigenvalue weighted by atomic mass is 15.3. The van der Waals surface area contributed by atoms with Crippen molar-refractivity contribution in [1.29, 1.82) is 5.26 Å². The highest BCUT2D eigenvalue weighted by Gasteiger charge is 2.42. The molecule has 1 saturated carbocycles. The zero-order valence-electron chi connectivity index (χ0n) is 10.4. The Morgan fingerprint density at radius 3 is 3.18 bits per heavy atom. The lowest BCUT2D eigenvalue weighted by atomic mass is 9.86. The Morgan fingerprint density at radius 2 is 2.53 bits per heavy atom. The van der Waals surface area contributed by atoms with Crippen molar-refractivity contribution >= 4 is 0 Å². The van der Waals surface area contributed by atoms with Crippen molar-refractivity contribution in [3.63, 3.8) is 0 Å². The Labute approximate surface area is 103 Å². The van der Waals surface area contributed by atoms with Gasteiger partial charge in [0.15, 0.2) is 0 Å². The van der Waals surface area contributed by atoms with Gasteiger partial charge in [0.05, 0.1) is 6.07 Å². The van der Waals surface area contributed by atoms with E-state index in [1.807, 2.05) is 16.9 Å². The van der Waals surface area contributed by atoms with Gasteiger partial charge in [-0.2, -0.15) is 10.4 Å². The first-order chi connectivity index (χ1) is 8.30. The average molecular weight is 232 g/mol. The fraction of sp³-hybridized carbons (Fsp3) is 0.692. The quantitative estimate of drug-likeness (QED) is 0.844. The van der Waals surface area contributed by atoms with Gasteiger partial charge in [0.2, 0.25) is 0 Å². The van der Waals surface area contributed by atoms with Crippen LogP contribution in [0.15, 0.2) is 18.5 Å². The predicted octanol–water partition coefficient (Wildman–Crippen LogP) is 1.95. The highest BCUT2D eigenvalue weighted by Crippen LogP contribution is 2.37. The van der Waals surface area contributed by atoms with E-state index in [2.05, 4.69) is 23.4 Å². The summed E-state index contributed by atoms with van der Waals surface area (Å²) in [5.74, 6) is 0.455. The first kappa shape index (κ1) is 12.1. The zero-order valence-corrected chi connectivity index (χ0v) is 10.4. The molecule has 4 heteroatoms. The van der Waals surface area contributed by atoms with Crippen LogP contribution in [0.25, 0.3) is 0 Å². The summed E-state index contributed by atoms with van der Waals surface area (Å²) in [5.41, 5.74) is -0.290. The molecule has 1 aromatic heterocycles. The van der Waals surface area contributed by atoms with E-state index >= 15 is 0 Å². The van der Waals surface area contributed by atoms with Crippen LogP contribution in [-0.4, -0.2) is 21.9 Å². The maximum absolute atomic E-state index is 9.44. The monoisotopic (exact) mass is 232 g/mol. The van der Waals surface area contributed by atoms with Gasteiger partial charge in [-0.3, -0.25) is 10.00 Å². The van der Waals surface area contributed by atoms with Crippen LogP contribution >= 0.6 is 0 Å². The molecule has 4 nitrogen and oxygen atoms in total. The van der Waals surface area contributed by atoms with Crippen molar-refractivity contribution < 1.29 is 0 Å². The summed E-state index contributed by atoms with van der Waals surface area (Å²) < 4.78 is 1.95. The van der Waals surface area contributed by atoms with Gasteiger partial charge in [0, 0.05) is 18.9 Å². The number of nitriles is 1. The number of hydrogen-bond donors (Lipinski definition) is 1. The standard InChI is InChI=1S/C13H20N4/c1-2-15-13(11-14)7-3-5-12(13)6-10-17-9-4-8-16-17/h4,8-9,12,15H,2-3,5-7,10H2,1H3. The number of aromatic nitrogens is 2. The lowest BCUT2D eigenvalue weighted by Crippen LogP contribution is -2.47. The summed E-state index contributed by atoms with van der Waals surface area (Å²) in [6, 6.07) is 4.46. The van der Waals surface area contributed by atoms with Gasteiger partial charge in [-0.25, -0.2) is 0 Å². The fourth-order valence-electron chi connectivity index (χ4n) is 2.92. The zero-order chi connectivity index (χ0) is 12.1. The SMILES string of the molecule is CCNC1(C#N)CCCC1CCn1cccn1. The van der Waals surface area contributed by atoms with Gasteiger partial charge >= 0.3 is 0 Å². The lowest BCUT2D eigenvalue weighted by Gasteiger charge is -2.29. The number of aryl methyl sites for hydroxylation is 1. The Kier molecular flexibility index (Phi) is 3.80. The molecule has 92 valence electrons. The second-order valence-electron chi connectivity index (χ2n) is 4.76. The van der Waals surface area contributed by atoms with E-state index < -0.39 is 0 Å². The normalized spacial score (nSPS) is 28.1. The van der Waals surface area contributed by atoms with Crippen molar-refractivity contribution in [2.24, 2.45) is 5.92 Å². The summed E-state index contributed by atoms with van der Waals surface area (Å²) in [5, 5.41) is 17.0. The minimum absolute atomic E-state index is 0.290. The number of rotatable bonds is 5. The molecule has 2 unspecified atom stereocenters. The Morgan fingerprint density at radius 1 is 1.65 bits per heavy atom. The molecule has 1 N–H and O–H groups in total. The van der Waals surface area contributed by atoms with Crippen LogP contribution in [0.3, 0.4) is 0 Å². The minimum atomic E-state index is -0.290. The summed E-state index contributed by atoms with van der Waals surface area (Å²) in [7, 11) is 0. The van der Waals surface area contributed by atoms with Crippen LogP contribution < -0.4 is 5.32 Å². The third-order valence-electron chi connectivity index (χ3n) is 3.78. The molecule has 2 rings (SSSR count). The molecule has 2 atom stereocenters. The summed E-state index contributed by atoms with van der Waals surface area (Å²) in [6.07, 6.45) is 8.11. The molecule has 1 fully saturated rings. The summed E-state index contributed by atoms with van der Waals surface area (Å²) >= 11 is 0. The molecule has 17 heavy (non-hydrogen) atoms. The first-order valence-electron chi connectivity index (χ1n) is 6.44. The second-order valence-corrected chi connectivity index (χ2v) is 4.76. The van der Waals surface area contributed by atoms with Crippen molar-refractivity contribution in [1.82, 2.24) is 15.1 Å². The van der Waals surface area contributed by atoms with E-state index in [1.165, 1.54) is 0 Å². The molecule has 1 aromatic rings. The maximum Gasteiger partial charge on any atom is 0.109 e. The summed E-state index contributed by atoms with van der Waals surface area (Å²) in [4.78, 5) is 0. The minimum Gasteiger partial charge on any atom is -0.299 e. The smallest absolute Gasteiger partial charge is 0.109 e. The van der Waals surface area contributed by atoms with E-state index in [4.69, 9.17) is 0 Å². The number of hydrogen-bond acceptors (Lipinski definition) is 3. The largest absolute Gasteiger partial charge is 0.299 e. The molecule has 0 radical (unpaired) electrons. The van der Waals surface area contributed by atoms with Crippen LogP contribution in [0.2, 0.25) is 0 Å². The topological polar surface area (TPSA) is 53.6 Å². The van der Waals surface area contributed by atoms with Gasteiger partial charge < -0.3 is 0 Å². The molecule has 0 amide bonds. The van der Waals surface area contributed by atoms with E-state index in [9.17, 15) is 5.26 Å². The Bertz CT molecular complexity index is 379. The molecule has 0 bridgehead atoms. The van der Waals surface area contributed by atoms with Gasteiger partial charge in [0.1, 0.15) is 5.54 Å². The molecule has 1 aliphatic rings. The molecular formula is C13H20N4. The van der Waals surface area contributed by atoms with E-state index in [0.717, 1.165) is 38.8 Å². The van der Waals surface area contributed by atoms with E-state index in [1.54, 1.807) is 6.20 Å². The first-order valence-corrected chi connectivity index (χ1v) is 6.44. The van der Waals surface area contributed by atoms with Crippen molar-refractivity contribution in [3.05, 3.63) is 18.5 Å². The van der Waals surface area contributed by atoms with Gasteiger partial charge in [-0.05, 0) is 37.8 Å². The lowest BCUT2D eigenvalue weighted by molar-refractivity contribution is 0.291. The van der Waals surface area contributed by atoms with E-state index in [-0.39, 0.29) is 5.54 Å². The van der Waals surface area contributed by atoms with Crippen molar-refractivity contribution in [2.75, 3.05) is 6.54 Å². The van der Waals surface area contributed by atoms with Gasteiger partial charge in [-0.1, -0.05) is 13.3 Å². The van der Waals surface area contributed by atoms with Crippen LogP contribution in [0, 0.1) is 17.2 Å².